The van der Waals surface area contributed by atoms with Crippen molar-refractivity contribution in [3.8, 4) is 0 Å². The van der Waals surface area contributed by atoms with Gasteiger partial charge in [0.15, 0.2) is 5.65 Å². The Labute approximate surface area is 196 Å². The van der Waals surface area contributed by atoms with Gasteiger partial charge < -0.3 is 25.3 Å². The van der Waals surface area contributed by atoms with Crippen molar-refractivity contribution in [3.63, 3.8) is 0 Å². The van der Waals surface area contributed by atoms with Crippen LogP contribution in [0.1, 0.15) is 15.9 Å². The fraction of sp³-hybridized carbons (Fsp3) is 0.320. The van der Waals surface area contributed by atoms with Crippen LogP contribution in [0.25, 0.3) is 22.2 Å². The van der Waals surface area contributed by atoms with Crippen molar-refractivity contribution < 1.29 is 18.8 Å². The summed E-state index contributed by atoms with van der Waals surface area (Å²) in [5, 5.41) is 3.00. The summed E-state index contributed by atoms with van der Waals surface area (Å²) in [5.74, 6) is -0.250. The van der Waals surface area contributed by atoms with Gasteiger partial charge in [0.2, 0.25) is 0 Å². The highest BCUT2D eigenvalue weighted by Gasteiger charge is 2.24. The van der Waals surface area contributed by atoms with Crippen molar-refractivity contribution in [2.45, 2.75) is 13.0 Å². The van der Waals surface area contributed by atoms with Crippen LogP contribution in [-0.2, 0) is 17.7 Å². The van der Waals surface area contributed by atoms with Crippen molar-refractivity contribution in [1.82, 2.24) is 19.9 Å². The molecule has 1 aliphatic heterocycles. The van der Waals surface area contributed by atoms with Crippen LogP contribution in [-0.4, -0.2) is 59.8 Å². The minimum atomic E-state index is -0.274. The average molecular weight is 464 g/mol. The summed E-state index contributed by atoms with van der Waals surface area (Å²) in [6.45, 7) is 5.08. The molecule has 2 aromatic carbocycles. The number of rotatable bonds is 7. The van der Waals surface area contributed by atoms with E-state index in [1.54, 1.807) is 22.8 Å². The van der Waals surface area contributed by atoms with Gasteiger partial charge in [-0.05, 0) is 30.2 Å². The molecule has 0 spiro atoms. The summed E-state index contributed by atoms with van der Waals surface area (Å²) in [6, 6.07) is 14.2. The van der Waals surface area contributed by atoms with Crippen LogP contribution >= 0.6 is 0 Å². The standard InChI is InChI=1S/C25H27FN6O2/c26-18-6-2-1-5-17(18)9-11-32-23(27)21(25(33)28-10-12-31-13-15-34-16-14-31)22-24(32)30-20-8-4-3-7-19(20)29-22/h1-8H,9-16,27H2,(H,28,33)/p+1. The van der Waals surface area contributed by atoms with Crippen molar-refractivity contribution in [1.29, 1.82) is 0 Å². The number of amides is 1. The summed E-state index contributed by atoms with van der Waals surface area (Å²) in [6.07, 6.45) is 0.413. The van der Waals surface area contributed by atoms with Crippen LogP contribution < -0.4 is 16.0 Å². The molecule has 3 heterocycles. The maximum atomic E-state index is 14.2. The number of aromatic nitrogens is 3. The Morgan fingerprint density at radius 2 is 1.79 bits per heavy atom. The second-order valence-electron chi connectivity index (χ2n) is 8.51. The topological polar surface area (TPSA) is 99.5 Å². The zero-order valence-electron chi connectivity index (χ0n) is 18.9. The SMILES string of the molecule is Nc1c(C(=O)NCC[NH+]2CCOCC2)c2nc3ccccc3nc2n1CCc1ccccc1F. The fourth-order valence-electron chi connectivity index (χ4n) is 4.45. The molecule has 2 aromatic heterocycles. The van der Waals surface area contributed by atoms with Gasteiger partial charge in [0, 0.05) is 6.54 Å². The van der Waals surface area contributed by atoms with Crippen LogP contribution in [0, 0.1) is 5.82 Å². The van der Waals surface area contributed by atoms with E-state index in [1.807, 2.05) is 24.3 Å². The first-order chi connectivity index (χ1) is 16.6. The van der Waals surface area contributed by atoms with Gasteiger partial charge in [-0.15, -0.1) is 0 Å². The number of quaternary nitrogens is 1. The van der Waals surface area contributed by atoms with E-state index >= 15 is 0 Å². The molecular weight excluding hydrogens is 435 g/mol. The summed E-state index contributed by atoms with van der Waals surface area (Å²) in [5.41, 5.74) is 9.78. The van der Waals surface area contributed by atoms with E-state index in [4.69, 9.17) is 20.4 Å². The number of fused-ring (bicyclic) bond motifs is 2. The zero-order chi connectivity index (χ0) is 23.5. The number of hydrogen-bond acceptors (Lipinski definition) is 5. The van der Waals surface area contributed by atoms with Gasteiger partial charge in [0.1, 0.15) is 35.8 Å². The second-order valence-corrected chi connectivity index (χ2v) is 8.51. The van der Waals surface area contributed by atoms with E-state index in [9.17, 15) is 9.18 Å². The third kappa shape index (κ3) is 4.44. The van der Waals surface area contributed by atoms with Crippen LogP contribution in [0.4, 0.5) is 10.2 Å². The monoisotopic (exact) mass is 463 g/mol. The lowest BCUT2D eigenvalue weighted by molar-refractivity contribution is -0.906. The summed E-state index contributed by atoms with van der Waals surface area (Å²) in [4.78, 5) is 24.1. The first-order valence-electron chi connectivity index (χ1n) is 11.6. The molecule has 5 rings (SSSR count). The zero-order valence-corrected chi connectivity index (χ0v) is 18.9. The van der Waals surface area contributed by atoms with Gasteiger partial charge >= 0.3 is 0 Å². The number of ether oxygens (including phenoxy) is 1. The van der Waals surface area contributed by atoms with Crippen LogP contribution in [0.5, 0.6) is 0 Å². The van der Waals surface area contributed by atoms with Crippen molar-refractivity contribution in [2.24, 2.45) is 0 Å². The molecule has 0 radical (unpaired) electrons. The average Bonchev–Trinajstić information content (AvgIpc) is 3.12. The molecule has 1 aliphatic rings. The molecule has 34 heavy (non-hydrogen) atoms. The highest BCUT2D eigenvalue weighted by Crippen LogP contribution is 2.28. The fourth-order valence-corrected chi connectivity index (χ4v) is 4.45. The lowest BCUT2D eigenvalue weighted by atomic mass is 10.1. The summed E-state index contributed by atoms with van der Waals surface area (Å²) in [7, 11) is 0. The number of hydrogen-bond donors (Lipinski definition) is 3. The normalized spacial score (nSPS) is 14.6. The maximum absolute atomic E-state index is 14.2. The Morgan fingerprint density at radius 3 is 2.56 bits per heavy atom. The van der Waals surface area contributed by atoms with Gasteiger partial charge in [0.05, 0.1) is 37.3 Å². The number of nitrogens with zero attached hydrogens (tertiary/aromatic N) is 3. The Balaban J connectivity index is 1.46. The Bertz CT molecular complexity index is 1330. The molecule has 0 unspecified atom stereocenters. The lowest BCUT2D eigenvalue weighted by Crippen LogP contribution is -3.14. The molecule has 0 bridgehead atoms. The van der Waals surface area contributed by atoms with Crippen molar-refractivity contribution in [2.75, 3.05) is 45.1 Å². The Kier molecular flexibility index (Phi) is 6.37. The smallest absolute Gasteiger partial charge is 0.257 e. The molecule has 0 aliphatic carbocycles. The molecule has 4 aromatic rings. The maximum Gasteiger partial charge on any atom is 0.257 e. The number of para-hydroxylation sites is 2. The number of carbonyl (C=O) groups is 1. The van der Waals surface area contributed by atoms with Gasteiger partial charge in [-0.1, -0.05) is 30.3 Å². The predicted molar refractivity (Wildman–Crippen MR) is 128 cm³/mol. The highest BCUT2D eigenvalue weighted by molar-refractivity contribution is 6.10. The Morgan fingerprint density at radius 1 is 1.09 bits per heavy atom. The minimum Gasteiger partial charge on any atom is -0.384 e. The molecule has 0 saturated carbocycles. The van der Waals surface area contributed by atoms with E-state index in [0.29, 0.717) is 52.8 Å². The number of morpholine rings is 1. The Hall–Kier alpha value is -3.56. The molecule has 4 N–H and O–H groups in total. The van der Waals surface area contributed by atoms with Gasteiger partial charge in [-0.25, -0.2) is 14.4 Å². The largest absolute Gasteiger partial charge is 0.384 e. The first kappa shape index (κ1) is 22.2. The number of nitrogens with one attached hydrogen (secondary N) is 2. The van der Waals surface area contributed by atoms with E-state index in [1.165, 1.54) is 11.0 Å². The third-order valence-corrected chi connectivity index (χ3v) is 6.35. The molecule has 1 amide bonds. The van der Waals surface area contributed by atoms with Crippen molar-refractivity contribution >= 4 is 33.9 Å². The number of nitrogens with two attached hydrogens (primary N) is 1. The van der Waals surface area contributed by atoms with Crippen LogP contribution in [0.2, 0.25) is 0 Å². The molecule has 1 fully saturated rings. The number of halogens is 1. The minimum absolute atomic E-state index is 0.266. The number of aryl methyl sites for hydroxylation is 2. The number of carbonyl (C=O) groups excluding carboxylic acids is 1. The molecule has 176 valence electrons. The number of benzene rings is 2. The molecular formula is C25H28FN6O2+. The number of anilines is 1. The quantitative estimate of drug-likeness (QED) is 0.383. The summed E-state index contributed by atoms with van der Waals surface area (Å²) >= 11 is 0. The third-order valence-electron chi connectivity index (χ3n) is 6.35. The molecule has 8 nitrogen and oxygen atoms in total. The van der Waals surface area contributed by atoms with Gasteiger partial charge in [0.25, 0.3) is 5.91 Å². The lowest BCUT2D eigenvalue weighted by Gasteiger charge is -2.23. The number of nitrogen functional groups attached to an aromatic ring is 1. The first-order valence-corrected chi connectivity index (χ1v) is 11.6. The van der Waals surface area contributed by atoms with E-state index in [0.717, 1.165) is 32.8 Å². The van der Waals surface area contributed by atoms with E-state index < -0.39 is 0 Å². The van der Waals surface area contributed by atoms with Gasteiger partial charge in [-0.2, -0.15) is 0 Å². The molecule has 9 heteroatoms. The van der Waals surface area contributed by atoms with Crippen molar-refractivity contribution in [3.05, 3.63) is 65.5 Å². The van der Waals surface area contributed by atoms with Gasteiger partial charge in [-0.3, -0.25) is 4.79 Å². The molecule has 1 saturated heterocycles. The highest BCUT2D eigenvalue weighted by atomic mass is 19.1. The second kappa shape index (κ2) is 9.74. The van der Waals surface area contributed by atoms with E-state index in [-0.39, 0.29) is 17.5 Å². The van der Waals surface area contributed by atoms with E-state index in [2.05, 4.69) is 5.32 Å². The molecule has 0 atom stereocenters. The van der Waals surface area contributed by atoms with Crippen LogP contribution in [0.15, 0.2) is 48.5 Å². The predicted octanol–water partition coefficient (Wildman–Crippen LogP) is 1.19. The summed E-state index contributed by atoms with van der Waals surface area (Å²) < 4.78 is 21.4. The van der Waals surface area contributed by atoms with Crippen LogP contribution in [0.3, 0.4) is 0 Å².